The van der Waals surface area contributed by atoms with Crippen LogP contribution in [0, 0.1) is 6.42 Å². The van der Waals surface area contributed by atoms with Gasteiger partial charge < -0.3 is 18.9 Å². The summed E-state index contributed by atoms with van der Waals surface area (Å²) >= 11 is 0. The van der Waals surface area contributed by atoms with E-state index in [0.29, 0.717) is 0 Å². The molecule has 0 saturated carbocycles. The predicted molar refractivity (Wildman–Crippen MR) is 93.9 cm³/mol. The number of allylic oxidation sites excluding steroid dienone is 4. The molecule has 0 aromatic carbocycles. The maximum Gasteiger partial charge on any atom is 0.339 e. The molecular formula is C19H21CoO8. The molecule has 0 aromatic heterocycles. The molecular weight excluding hydrogens is 415 g/mol. The van der Waals surface area contributed by atoms with Crippen molar-refractivity contribution in [2.24, 2.45) is 0 Å². The summed E-state index contributed by atoms with van der Waals surface area (Å²) in [6, 6.07) is 0. The fourth-order valence-corrected chi connectivity index (χ4v) is 2.43. The molecule has 9 heteroatoms. The van der Waals surface area contributed by atoms with Gasteiger partial charge in [0.05, 0.1) is 50.7 Å². The molecule has 0 atom stereocenters. The van der Waals surface area contributed by atoms with Crippen LogP contribution in [0.1, 0.15) is 12.8 Å². The Morgan fingerprint density at radius 1 is 0.607 bits per heavy atom. The van der Waals surface area contributed by atoms with Crippen molar-refractivity contribution in [3.63, 3.8) is 0 Å². The smallest absolute Gasteiger partial charge is 0.339 e. The van der Waals surface area contributed by atoms with Crippen LogP contribution in [0.3, 0.4) is 0 Å². The molecule has 0 spiro atoms. The maximum absolute atomic E-state index is 12.0. The molecule has 154 valence electrons. The predicted octanol–water partition coefficient (Wildman–Crippen LogP) is 1.38. The largest absolute Gasteiger partial charge is 0.466 e. The van der Waals surface area contributed by atoms with Gasteiger partial charge in [0.15, 0.2) is 0 Å². The Labute approximate surface area is 173 Å². The Balaban J connectivity index is 0.00000105. The topological polar surface area (TPSA) is 105 Å². The standard InChI is InChI=1S/C14H16O8.C5H5.Co/c1-19-11(15)7-5-6-8(12(16)20-2)10(14(18)22-4)9(7)13(17)21-3;1-2-4-5-3-1;/h5-6H2,1-4H3;1-5H;. The zero-order valence-electron chi connectivity index (χ0n) is 15.9. The van der Waals surface area contributed by atoms with E-state index in [4.69, 9.17) is 0 Å². The molecule has 0 heterocycles. The van der Waals surface area contributed by atoms with Crippen molar-refractivity contribution < 1.29 is 54.9 Å². The van der Waals surface area contributed by atoms with Crippen molar-refractivity contribution in [3.05, 3.63) is 53.0 Å². The number of carbonyl (C=O) groups excluding carboxylic acids is 4. The molecule has 2 radical (unpaired) electrons. The summed E-state index contributed by atoms with van der Waals surface area (Å²) in [6.07, 6.45) is 10.1. The Bertz CT molecular complexity index is 681. The zero-order valence-corrected chi connectivity index (χ0v) is 16.9. The number of ether oxygens (including phenoxy) is 4. The molecule has 28 heavy (non-hydrogen) atoms. The third kappa shape index (κ3) is 6.20. The Morgan fingerprint density at radius 2 is 0.929 bits per heavy atom. The van der Waals surface area contributed by atoms with Gasteiger partial charge in [-0.3, -0.25) is 0 Å². The van der Waals surface area contributed by atoms with Crippen LogP contribution >= 0.6 is 0 Å². The van der Waals surface area contributed by atoms with E-state index < -0.39 is 23.9 Å². The minimum absolute atomic E-state index is 0. The molecule has 2 aliphatic carbocycles. The summed E-state index contributed by atoms with van der Waals surface area (Å²) in [5.74, 6) is -3.46. The van der Waals surface area contributed by atoms with E-state index in [1.165, 1.54) is 0 Å². The monoisotopic (exact) mass is 436 g/mol. The van der Waals surface area contributed by atoms with Gasteiger partial charge in [-0.2, -0.15) is 0 Å². The third-order valence-electron chi connectivity index (χ3n) is 3.68. The third-order valence-corrected chi connectivity index (χ3v) is 3.68. The van der Waals surface area contributed by atoms with Gasteiger partial charge in [-0.1, -0.05) is 24.3 Å². The van der Waals surface area contributed by atoms with Crippen molar-refractivity contribution in [1.29, 1.82) is 0 Å². The number of hydrogen-bond acceptors (Lipinski definition) is 8. The van der Waals surface area contributed by atoms with Crippen LogP contribution in [-0.2, 0) is 54.9 Å². The second kappa shape index (κ2) is 12.7. The quantitative estimate of drug-likeness (QED) is 0.481. The first-order valence-corrected chi connectivity index (χ1v) is 7.89. The minimum Gasteiger partial charge on any atom is -0.466 e. The van der Waals surface area contributed by atoms with Crippen LogP contribution < -0.4 is 0 Å². The van der Waals surface area contributed by atoms with Crippen molar-refractivity contribution in [2.45, 2.75) is 12.8 Å². The Hall–Kier alpha value is -2.65. The molecule has 0 aromatic rings. The maximum atomic E-state index is 12.0. The van der Waals surface area contributed by atoms with Crippen LogP contribution in [0.25, 0.3) is 0 Å². The van der Waals surface area contributed by atoms with Gasteiger partial charge in [-0.25, -0.2) is 19.2 Å². The molecule has 2 rings (SSSR count). The van der Waals surface area contributed by atoms with Gasteiger partial charge in [0.2, 0.25) is 0 Å². The van der Waals surface area contributed by atoms with Crippen molar-refractivity contribution in [3.8, 4) is 0 Å². The first-order valence-electron chi connectivity index (χ1n) is 7.89. The van der Waals surface area contributed by atoms with Gasteiger partial charge >= 0.3 is 23.9 Å². The molecule has 0 saturated heterocycles. The van der Waals surface area contributed by atoms with Crippen LogP contribution in [0.4, 0.5) is 0 Å². The average Bonchev–Trinajstić information content (AvgIpc) is 3.30. The van der Waals surface area contributed by atoms with Gasteiger partial charge in [0.25, 0.3) is 0 Å². The van der Waals surface area contributed by atoms with Gasteiger partial charge in [-0.05, 0) is 12.8 Å². The zero-order chi connectivity index (χ0) is 20.4. The van der Waals surface area contributed by atoms with E-state index in [2.05, 4.69) is 18.9 Å². The van der Waals surface area contributed by atoms with E-state index in [1.54, 1.807) is 0 Å². The van der Waals surface area contributed by atoms with Crippen molar-refractivity contribution >= 4 is 23.9 Å². The Kier molecular flexibility index (Phi) is 11.5. The molecule has 0 unspecified atom stereocenters. The van der Waals surface area contributed by atoms with Crippen molar-refractivity contribution in [1.82, 2.24) is 0 Å². The van der Waals surface area contributed by atoms with E-state index in [0.717, 1.165) is 28.4 Å². The fraction of sp³-hybridized carbons (Fsp3) is 0.316. The van der Waals surface area contributed by atoms with E-state index in [9.17, 15) is 19.2 Å². The number of methoxy groups -OCH3 is 4. The molecule has 0 fully saturated rings. The summed E-state index contributed by atoms with van der Waals surface area (Å²) < 4.78 is 18.4. The van der Waals surface area contributed by atoms with E-state index in [1.807, 2.05) is 30.7 Å². The SMILES string of the molecule is COC(=O)C1=C(C(=O)OC)C(C(=O)OC)=C(C(=O)OC)CC1.[CH]1C=CC=C1.[Co]. The number of hydrogen-bond donors (Lipinski definition) is 0. The van der Waals surface area contributed by atoms with Gasteiger partial charge in [-0.15, -0.1) is 0 Å². The first-order chi connectivity index (χ1) is 12.9. The van der Waals surface area contributed by atoms with Gasteiger partial charge in [0, 0.05) is 23.2 Å². The average molecular weight is 436 g/mol. The van der Waals surface area contributed by atoms with Crippen molar-refractivity contribution in [2.75, 3.05) is 28.4 Å². The molecule has 0 aliphatic heterocycles. The molecule has 0 bridgehead atoms. The van der Waals surface area contributed by atoms with Crippen LogP contribution in [0.15, 0.2) is 46.6 Å². The molecule has 8 nitrogen and oxygen atoms in total. The first kappa shape index (κ1) is 25.3. The van der Waals surface area contributed by atoms with Crippen LogP contribution in [-0.4, -0.2) is 52.3 Å². The molecule has 2 aliphatic rings. The number of carbonyl (C=O) groups is 4. The van der Waals surface area contributed by atoms with E-state index in [-0.39, 0.29) is 51.9 Å². The normalized spacial score (nSPS) is 14.4. The summed E-state index contributed by atoms with van der Waals surface area (Å²) in [5, 5.41) is 0. The van der Waals surface area contributed by atoms with Crippen LogP contribution in [0.5, 0.6) is 0 Å². The summed E-state index contributed by atoms with van der Waals surface area (Å²) in [5.41, 5.74) is -0.787. The second-order valence-corrected chi connectivity index (χ2v) is 5.14. The summed E-state index contributed by atoms with van der Waals surface area (Å²) in [4.78, 5) is 47.6. The Morgan fingerprint density at radius 3 is 1.14 bits per heavy atom. The summed E-state index contributed by atoms with van der Waals surface area (Å²) in [7, 11) is 4.46. The summed E-state index contributed by atoms with van der Waals surface area (Å²) in [6.45, 7) is 0. The minimum atomic E-state index is -0.943. The van der Waals surface area contributed by atoms with Crippen LogP contribution in [0.2, 0.25) is 0 Å². The number of rotatable bonds is 4. The number of esters is 4. The molecule has 0 N–H and O–H groups in total. The van der Waals surface area contributed by atoms with Gasteiger partial charge in [0.1, 0.15) is 0 Å². The molecule has 0 amide bonds. The fourth-order valence-electron chi connectivity index (χ4n) is 2.43. The second-order valence-electron chi connectivity index (χ2n) is 5.14. The van der Waals surface area contributed by atoms with E-state index >= 15 is 0 Å².